The summed E-state index contributed by atoms with van der Waals surface area (Å²) in [6, 6.07) is 6.63. The van der Waals surface area contributed by atoms with Crippen LogP contribution in [-0.4, -0.2) is 41.6 Å². The first-order valence-electron chi connectivity index (χ1n) is 6.97. The standard InChI is InChI=1S/C16H19NO4/c1-21-13-6-4-5-12(11-13)8-9-15(18)17-10-3-2-7-14(17)16(19)20/h4-6,8-9,11,14H,2-3,7,10H2,1H3,(H,19,20)/b9-8-/t14-/m1/s1. The van der Waals surface area contributed by atoms with Crippen molar-refractivity contribution in [1.82, 2.24) is 4.90 Å². The molecule has 1 aromatic carbocycles. The second-order valence-electron chi connectivity index (χ2n) is 4.99. The van der Waals surface area contributed by atoms with Crippen molar-refractivity contribution in [1.29, 1.82) is 0 Å². The minimum absolute atomic E-state index is 0.259. The number of methoxy groups -OCH3 is 1. The minimum Gasteiger partial charge on any atom is -0.497 e. The van der Waals surface area contributed by atoms with E-state index in [-0.39, 0.29) is 5.91 Å². The van der Waals surface area contributed by atoms with Gasteiger partial charge in [0.25, 0.3) is 0 Å². The number of ether oxygens (including phenoxy) is 1. The SMILES string of the molecule is COc1cccc(/C=C\C(=O)N2CCCC[C@@H]2C(=O)O)c1. The lowest BCUT2D eigenvalue weighted by atomic mass is 10.0. The molecular formula is C16H19NO4. The molecule has 1 N–H and O–H groups in total. The van der Waals surface area contributed by atoms with E-state index in [1.807, 2.05) is 24.3 Å². The number of carbonyl (C=O) groups excluding carboxylic acids is 1. The minimum atomic E-state index is -0.933. The molecule has 1 amide bonds. The van der Waals surface area contributed by atoms with Crippen molar-refractivity contribution in [2.75, 3.05) is 13.7 Å². The molecule has 2 rings (SSSR count). The monoisotopic (exact) mass is 289 g/mol. The van der Waals surface area contributed by atoms with Crippen LogP contribution >= 0.6 is 0 Å². The molecule has 1 heterocycles. The molecule has 0 aliphatic carbocycles. The van der Waals surface area contributed by atoms with Crippen LogP contribution in [-0.2, 0) is 9.59 Å². The highest BCUT2D eigenvalue weighted by Gasteiger charge is 2.30. The topological polar surface area (TPSA) is 66.8 Å². The molecule has 1 aliphatic heterocycles. The molecule has 0 spiro atoms. The molecule has 1 saturated heterocycles. The van der Waals surface area contributed by atoms with Gasteiger partial charge in [-0.05, 0) is 43.0 Å². The normalized spacial score (nSPS) is 18.7. The number of carbonyl (C=O) groups is 2. The van der Waals surface area contributed by atoms with Gasteiger partial charge in [-0.25, -0.2) is 4.79 Å². The van der Waals surface area contributed by atoms with E-state index in [0.29, 0.717) is 18.7 Å². The van der Waals surface area contributed by atoms with Gasteiger partial charge >= 0.3 is 5.97 Å². The Bertz CT molecular complexity index is 553. The summed E-state index contributed by atoms with van der Waals surface area (Å²) < 4.78 is 5.12. The molecule has 112 valence electrons. The summed E-state index contributed by atoms with van der Waals surface area (Å²) >= 11 is 0. The zero-order valence-electron chi connectivity index (χ0n) is 12.0. The maximum atomic E-state index is 12.2. The molecule has 1 atom stereocenters. The van der Waals surface area contributed by atoms with Crippen LogP contribution in [0.5, 0.6) is 5.75 Å². The molecule has 5 heteroatoms. The van der Waals surface area contributed by atoms with Crippen LogP contribution in [0.15, 0.2) is 30.3 Å². The number of hydrogen-bond acceptors (Lipinski definition) is 3. The zero-order valence-corrected chi connectivity index (χ0v) is 12.0. The lowest BCUT2D eigenvalue weighted by molar-refractivity contribution is -0.150. The first-order chi connectivity index (χ1) is 10.1. The van der Waals surface area contributed by atoms with Crippen LogP contribution in [0.1, 0.15) is 24.8 Å². The summed E-state index contributed by atoms with van der Waals surface area (Å²) in [4.78, 5) is 24.8. The number of aliphatic carboxylic acids is 1. The van der Waals surface area contributed by atoms with Gasteiger partial charge in [-0.15, -0.1) is 0 Å². The third-order valence-corrected chi connectivity index (χ3v) is 3.58. The van der Waals surface area contributed by atoms with E-state index >= 15 is 0 Å². The Labute approximate surface area is 123 Å². The maximum Gasteiger partial charge on any atom is 0.326 e. The number of likely N-dealkylation sites (tertiary alicyclic amines) is 1. The van der Waals surface area contributed by atoms with Crippen molar-refractivity contribution in [2.24, 2.45) is 0 Å². The van der Waals surface area contributed by atoms with Crippen LogP contribution in [0.2, 0.25) is 0 Å². The summed E-state index contributed by atoms with van der Waals surface area (Å²) in [6.07, 6.45) is 5.32. The van der Waals surface area contributed by atoms with Gasteiger partial charge < -0.3 is 14.7 Å². The Balaban J connectivity index is 2.08. The number of nitrogens with zero attached hydrogens (tertiary/aromatic N) is 1. The molecule has 5 nitrogen and oxygen atoms in total. The fourth-order valence-corrected chi connectivity index (χ4v) is 2.46. The van der Waals surface area contributed by atoms with Crippen LogP contribution < -0.4 is 4.74 Å². The van der Waals surface area contributed by atoms with E-state index in [9.17, 15) is 14.7 Å². The second-order valence-corrected chi connectivity index (χ2v) is 4.99. The number of piperidine rings is 1. The second kappa shape index (κ2) is 6.92. The summed E-state index contributed by atoms with van der Waals surface area (Å²) in [5, 5.41) is 9.18. The van der Waals surface area contributed by atoms with Crippen molar-refractivity contribution in [3.8, 4) is 5.75 Å². The van der Waals surface area contributed by atoms with E-state index in [1.54, 1.807) is 13.2 Å². The number of carboxylic acids is 1. The lowest BCUT2D eigenvalue weighted by Gasteiger charge is -2.32. The van der Waals surface area contributed by atoms with Crippen LogP contribution in [0.25, 0.3) is 6.08 Å². The average molecular weight is 289 g/mol. The largest absolute Gasteiger partial charge is 0.497 e. The Kier molecular flexibility index (Phi) is 4.98. The third-order valence-electron chi connectivity index (χ3n) is 3.58. The van der Waals surface area contributed by atoms with Crippen LogP contribution in [0.4, 0.5) is 0 Å². The van der Waals surface area contributed by atoms with E-state index in [0.717, 1.165) is 18.4 Å². The first-order valence-corrected chi connectivity index (χ1v) is 6.97. The third kappa shape index (κ3) is 3.84. The highest BCUT2D eigenvalue weighted by atomic mass is 16.5. The van der Waals surface area contributed by atoms with Gasteiger partial charge in [0.15, 0.2) is 0 Å². The van der Waals surface area contributed by atoms with E-state index in [4.69, 9.17) is 4.74 Å². The molecule has 21 heavy (non-hydrogen) atoms. The fourth-order valence-electron chi connectivity index (χ4n) is 2.46. The molecule has 0 radical (unpaired) electrons. The molecule has 1 aromatic rings. The van der Waals surface area contributed by atoms with Gasteiger partial charge in [0, 0.05) is 12.6 Å². The fraction of sp³-hybridized carbons (Fsp3) is 0.375. The molecule has 0 bridgehead atoms. The Hall–Kier alpha value is -2.30. The Morgan fingerprint density at radius 2 is 2.19 bits per heavy atom. The molecule has 0 unspecified atom stereocenters. The smallest absolute Gasteiger partial charge is 0.326 e. The zero-order chi connectivity index (χ0) is 15.2. The van der Waals surface area contributed by atoms with E-state index in [2.05, 4.69) is 0 Å². The lowest BCUT2D eigenvalue weighted by Crippen LogP contribution is -2.47. The van der Waals surface area contributed by atoms with Crippen molar-refractivity contribution < 1.29 is 19.4 Å². The maximum absolute atomic E-state index is 12.2. The van der Waals surface area contributed by atoms with Gasteiger partial charge in [-0.1, -0.05) is 12.1 Å². The highest BCUT2D eigenvalue weighted by molar-refractivity contribution is 5.94. The molecular weight excluding hydrogens is 270 g/mol. The average Bonchev–Trinajstić information content (AvgIpc) is 2.52. The first kappa shape index (κ1) is 15.1. The summed E-state index contributed by atoms with van der Waals surface area (Å²) in [5.41, 5.74) is 0.839. The Morgan fingerprint density at radius 1 is 1.38 bits per heavy atom. The van der Waals surface area contributed by atoms with Gasteiger partial charge in [0.2, 0.25) is 5.91 Å². The van der Waals surface area contributed by atoms with Crippen molar-refractivity contribution in [3.63, 3.8) is 0 Å². The Morgan fingerprint density at radius 3 is 2.90 bits per heavy atom. The summed E-state index contributed by atoms with van der Waals surface area (Å²) in [6.45, 7) is 0.498. The summed E-state index contributed by atoms with van der Waals surface area (Å²) in [5.74, 6) is -0.478. The van der Waals surface area contributed by atoms with E-state index < -0.39 is 12.0 Å². The number of hydrogen-bond donors (Lipinski definition) is 1. The number of benzene rings is 1. The molecule has 1 fully saturated rings. The van der Waals surface area contributed by atoms with Crippen molar-refractivity contribution in [2.45, 2.75) is 25.3 Å². The number of carboxylic acid groups (broad SMARTS) is 1. The summed E-state index contributed by atoms with van der Waals surface area (Å²) in [7, 11) is 1.58. The van der Waals surface area contributed by atoms with Crippen LogP contribution in [0.3, 0.4) is 0 Å². The number of rotatable bonds is 4. The van der Waals surface area contributed by atoms with Gasteiger partial charge in [0.05, 0.1) is 7.11 Å². The van der Waals surface area contributed by atoms with Crippen LogP contribution in [0, 0.1) is 0 Å². The molecule has 0 aromatic heterocycles. The van der Waals surface area contributed by atoms with Crippen molar-refractivity contribution >= 4 is 18.0 Å². The molecule has 0 saturated carbocycles. The predicted octanol–water partition coefficient (Wildman–Crippen LogP) is 2.17. The van der Waals surface area contributed by atoms with Gasteiger partial charge in [0.1, 0.15) is 11.8 Å². The predicted molar refractivity (Wildman–Crippen MR) is 79.0 cm³/mol. The highest BCUT2D eigenvalue weighted by Crippen LogP contribution is 2.18. The van der Waals surface area contributed by atoms with E-state index in [1.165, 1.54) is 11.0 Å². The van der Waals surface area contributed by atoms with Crippen molar-refractivity contribution in [3.05, 3.63) is 35.9 Å². The van der Waals surface area contributed by atoms with Gasteiger partial charge in [-0.3, -0.25) is 4.79 Å². The van der Waals surface area contributed by atoms with Gasteiger partial charge in [-0.2, -0.15) is 0 Å². The molecule has 1 aliphatic rings. The quantitative estimate of drug-likeness (QED) is 0.863. The number of amides is 1.